The number of hydrogen-bond acceptors (Lipinski definition) is 4. The number of carboxylic acids is 1. The van der Waals surface area contributed by atoms with Crippen molar-refractivity contribution in [1.82, 2.24) is 4.98 Å². The number of carbonyl (C=O) groups is 1. The van der Waals surface area contributed by atoms with E-state index >= 15 is 0 Å². The van der Waals surface area contributed by atoms with Gasteiger partial charge in [0.15, 0.2) is 0 Å². The molecule has 0 aliphatic carbocycles. The van der Waals surface area contributed by atoms with Crippen molar-refractivity contribution < 1.29 is 23.8 Å². The molecule has 0 atom stereocenters. The summed E-state index contributed by atoms with van der Waals surface area (Å²) < 4.78 is 24.7. The molecule has 0 fully saturated rings. The quantitative estimate of drug-likeness (QED) is 0.826. The van der Waals surface area contributed by atoms with Crippen LogP contribution in [0.15, 0.2) is 12.3 Å². The van der Waals surface area contributed by atoms with Crippen molar-refractivity contribution >= 4 is 23.4 Å². The molecule has 0 saturated heterocycles. The van der Waals surface area contributed by atoms with Crippen LogP contribution in [0.25, 0.3) is 0 Å². The molecule has 0 aliphatic heterocycles. The molecule has 8 heteroatoms. The maximum atomic E-state index is 12.3. The van der Waals surface area contributed by atoms with Crippen LogP contribution in [0.2, 0.25) is 5.02 Å². The Morgan fingerprint density at radius 3 is 2.67 bits per heavy atom. The van der Waals surface area contributed by atoms with Crippen molar-refractivity contribution in [1.29, 1.82) is 0 Å². The third kappa shape index (κ3) is 3.78. The molecule has 0 unspecified atom stereocenters. The monoisotopic (exact) mass is 280 g/mol. The van der Waals surface area contributed by atoms with Crippen molar-refractivity contribution in [2.45, 2.75) is 6.43 Å². The van der Waals surface area contributed by atoms with Gasteiger partial charge < -0.3 is 15.1 Å². The first kappa shape index (κ1) is 14.6. The predicted octanol–water partition coefficient (Wildman–Crippen LogP) is 1.50. The molecule has 0 bridgehead atoms. The summed E-state index contributed by atoms with van der Waals surface area (Å²) in [5.74, 6) is -1.19. The number of pyridine rings is 1. The number of rotatable bonds is 6. The molecule has 0 amide bonds. The van der Waals surface area contributed by atoms with E-state index in [4.69, 9.17) is 21.8 Å². The molecule has 100 valence electrons. The summed E-state index contributed by atoms with van der Waals surface area (Å²) in [4.78, 5) is 15.5. The molecular formula is C10H11ClF2N2O3. The van der Waals surface area contributed by atoms with Crippen LogP contribution in [0.1, 0.15) is 10.4 Å². The van der Waals surface area contributed by atoms with Crippen LogP contribution in [-0.4, -0.2) is 47.3 Å². The highest BCUT2D eigenvalue weighted by Gasteiger charge is 2.17. The van der Waals surface area contributed by atoms with E-state index < -0.39 is 18.9 Å². The lowest BCUT2D eigenvalue weighted by molar-refractivity contribution is 0.0696. The number of halogens is 3. The van der Waals surface area contributed by atoms with Gasteiger partial charge in [-0.05, 0) is 6.07 Å². The van der Waals surface area contributed by atoms with E-state index in [9.17, 15) is 13.6 Å². The Bertz CT molecular complexity index is 432. The van der Waals surface area contributed by atoms with Crippen molar-refractivity contribution in [3.63, 3.8) is 0 Å². The number of nitrogens with zero attached hydrogens (tertiary/aromatic N) is 2. The minimum atomic E-state index is -2.62. The lowest BCUT2D eigenvalue weighted by atomic mass is 10.3. The molecule has 1 heterocycles. The molecule has 18 heavy (non-hydrogen) atoms. The number of aromatic nitrogens is 1. The van der Waals surface area contributed by atoms with Crippen LogP contribution >= 0.6 is 11.6 Å². The average Bonchev–Trinajstić information content (AvgIpc) is 2.27. The third-order valence-electron chi connectivity index (χ3n) is 2.10. The summed E-state index contributed by atoms with van der Waals surface area (Å²) in [6, 6.07) is 1.13. The van der Waals surface area contributed by atoms with Crippen LogP contribution in [0.3, 0.4) is 0 Å². The summed E-state index contributed by atoms with van der Waals surface area (Å²) >= 11 is 5.79. The minimum absolute atomic E-state index is 0.0241. The molecule has 5 nitrogen and oxygen atoms in total. The molecule has 1 rings (SSSR count). The van der Waals surface area contributed by atoms with E-state index in [1.807, 2.05) is 0 Å². The second-order valence-electron chi connectivity index (χ2n) is 3.40. The van der Waals surface area contributed by atoms with Gasteiger partial charge in [0.2, 0.25) is 0 Å². The predicted molar refractivity (Wildman–Crippen MR) is 61.5 cm³/mol. The van der Waals surface area contributed by atoms with Crippen LogP contribution in [-0.2, 0) is 0 Å². The van der Waals surface area contributed by atoms with Gasteiger partial charge in [0.1, 0.15) is 5.82 Å². The normalized spacial score (nSPS) is 10.7. The number of aliphatic hydroxyl groups is 1. The summed E-state index contributed by atoms with van der Waals surface area (Å²) in [7, 11) is 0. The summed E-state index contributed by atoms with van der Waals surface area (Å²) in [5, 5.41) is 17.5. The van der Waals surface area contributed by atoms with Gasteiger partial charge in [-0.25, -0.2) is 18.6 Å². The SMILES string of the molecule is O=C(O)c1cnc(N(CCO)CC(F)F)c(Cl)c1. The molecule has 0 aliphatic rings. The van der Waals surface area contributed by atoms with Gasteiger partial charge in [-0.3, -0.25) is 0 Å². The second kappa shape index (κ2) is 6.46. The van der Waals surface area contributed by atoms with Gasteiger partial charge in [-0.15, -0.1) is 0 Å². The van der Waals surface area contributed by atoms with E-state index in [-0.39, 0.29) is 29.6 Å². The Kier molecular flexibility index (Phi) is 5.24. The van der Waals surface area contributed by atoms with Gasteiger partial charge >= 0.3 is 5.97 Å². The number of anilines is 1. The zero-order valence-electron chi connectivity index (χ0n) is 9.18. The first-order valence-electron chi connectivity index (χ1n) is 4.98. The van der Waals surface area contributed by atoms with E-state index in [1.165, 1.54) is 0 Å². The second-order valence-corrected chi connectivity index (χ2v) is 3.80. The first-order chi connectivity index (χ1) is 8.45. The third-order valence-corrected chi connectivity index (χ3v) is 2.37. The zero-order chi connectivity index (χ0) is 13.7. The lowest BCUT2D eigenvalue weighted by Crippen LogP contribution is -2.32. The van der Waals surface area contributed by atoms with Gasteiger partial charge in [0, 0.05) is 12.7 Å². The van der Waals surface area contributed by atoms with Gasteiger partial charge in [-0.2, -0.15) is 0 Å². The van der Waals surface area contributed by atoms with Gasteiger partial charge in [-0.1, -0.05) is 11.6 Å². The highest BCUT2D eigenvalue weighted by atomic mass is 35.5. The van der Waals surface area contributed by atoms with Gasteiger partial charge in [0.05, 0.1) is 23.7 Å². The van der Waals surface area contributed by atoms with Crippen molar-refractivity contribution in [3.05, 3.63) is 22.8 Å². The Balaban J connectivity index is 3.01. The van der Waals surface area contributed by atoms with Crippen molar-refractivity contribution in [2.24, 2.45) is 0 Å². The fraction of sp³-hybridized carbons (Fsp3) is 0.400. The van der Waals surface area contributed by atoms with Crippen molar-refractivity contribution in [3.8, 4) is 0 Å². The first-order valence-corrected chi connectivity index (χ1v) is 5.36. The fourth-order valence-corrected chi connectivity index (χ4v) is 1.64. The maximum absolute atomic E-state index is 12.3. The Labute approximate surface area is 107 Å². The maximum Gasteiger partial charge on any atom is 0.337 e. The summed E-state index contributed by atoms with van der Waals surface area (Å²) in [6.07, 6.45) is -1.59. The zero-order valence-corrected chi connectivity index (χ0v) is 9.94. The number of alkyl halides is 2. The van der Waals surface area contributed by atoms with E-state index in [2.05, 4.69) is 4.98 Å². The van der Waals surface area contributed by atoms with Crippen LogP contribution in [0.4, 0.5) is 14.6 Å². The molecule has 0 radical (unpaired) electrons. The molecule has 1 aromatic heterocycles. The Morgan fingerprint density at radius 1 is 1.56 bits per heavy atom. The van der Waals surface area contributed by atoms with E-state index in [1.54, 1.807) is 0 Å². The number of aliphatic hydroxyl groups excluding tert-OH is 1. The highest BCUT2D eigenvalue weighted by Crippen LogP contribution is 2.24. The van der Waals surface area contributed by atoms with Crippen molar-refractivity contribution in [2.75, 3.05) is 24.6 Å². The molecule has 0 aromatic carbocycles. The van der Waals surface area contributed by atoms with E-state index in [0.717, 1.165) is 17.2 Å². The molecule has 2 N–H and O–H groups in total. The number of hydrogen-bond donors (Lipinski definition) is 2. The molecule has 0 saturated carbocycles. The molecular weight excluding hydrogens is 270 g/mol. The topological polar surface area (TPSA) is 73.7 Å². The van der Waals surface area contributed by atoms with Crippen LogP contribution < -0.4 is 4.90 Å². The smallest absolute Gasteiger partial charge is 0.337 e. The average molecular weight is 281 g/mol. The minimum Gasteiger partial charge on any atom is -0.478 e. The lowest BCUT2D eigenvalue weighted by Gasteiger charge is -2.23. The Hall–Kier alpha value is -1.47. The van der Waals surface area contributed by atoms with E-state index in [0.29, 0.717) is 0 Å². The summed E-state index contributed by atoms with van der Waals surface area (Å²) in [6.45, 7) is -1.05. The number of carboxylic acid groups (broad SMARTS) is 1. The van der Waals surface area contributed by atoms with Crippen LogP contribution in [0.5, 0.6) is 0 Å². The molecule has 1 aromatic rings. The van der Waals surface area contributed by atoms with Gasteiger partial charge in [0.25, 0.3) is 6.43 Å². The highest BCUT2D eigenvalue weighted by molar-refractivity contribution is 6.33. The molecule has 0 spiro atoms. The Morgan fingerprint density at radius 2 is 2.22 bits per heavy atom. The number of aromatic carboxylic acids is 1. The standard InChI is InChI=1S/C10H11ClF2N2O3/c11-7-3-6(10(17)18)4-14-9(7)15(1-2-16)5-8(12)13/h3-4,8,16H,1-2,5H2,(H,17,18). The largest absolute Gasteiger partial charge is 0.478 e. The fourth-order valence-electron chi connectivity index (χ4n) is 1.35. The summed E-state index contributed by atoms with van der Waals surface area (Å²) in [5.41, 5.74) is -0.134. The van der Waals surface area contributed by atoms with Crippen LogP contribution in [0, 0.1) is 0 Å².